The zero-order chi connectivity index (χ0) is 17.2. The van der Waals surface area contributed by atoms with Crippen molar-refractivity contribution < 1.29 is 18.3 Å². The summed E-state index contributed by atoms with van der Waals surface area (Å²) in [5.74, 6) is -1.28. The molecule has 1 aromatic carbocycles. The largest absolute Gasteiger partial charge is 0.444 e. The SMILES string of the molecule is CC(C)(C)OC(=O)NC1CCC(Nc2c(F)cc(Br)cc2F)C1. The molecule has 1 aromatic rings. The monoisotopic (exact) mass is 390 g/mol. The van der Waals surface area contributed by atoms with Crippen molar-refractivity contribution in [3.05, 3.63) is 28.2 Å². The molecule has 23 heavy (non-hydrogen) atoms. The van der Waals surface area contributed by atoms with Crippen LogP contribution in [0.15, 0.2) is 16.6 Å². The minimum absolute atomic E-state index is 0.0658. The van der Waals surface area contributed by atoms with E-state index in [1.54, 1.807) is 20.8 Å². The molecule has 1 saturated carbocycles. The highest BCUT2D eigenvalue weighted by Gasteiger charge is 2.28. The summed E-state index contributed by atoms with van der Waals surface area (Å²) in [6.07, 6.45) is 1.57. The van der Waals surface area contributed by atoms with Gasteiger partial charge in [-0.15, -0.1) is 0 Å². The number of amides is 1. The lowest BCUT2D eigenvalue weighted by Gasteiger charge is -2.22. The Labute approximate surface area is 143 Å². The normalized spacial score (nSPS) is 21.1. The molecule has 2 unspecified atom stereocenters. The predicted octanol–water partition coefficient (Wildman–Crippen LogP) is 4.59. The molecule has 0 radical (unpaired) electrons. The lowest BCUT2D eigenvalue weighted by Crippen LogP contribution is -2.38. The molecule has 2 rings (SSSR count). The smallest absolute Gasteiger partial charge is 0.407 e. The van der Waals surface area contributed by atoms with Crippen LogP contribution in [0.25, 0.3) is 0 Å². The summed E-state index contributed by atoms with van der Waals surface area (Å²) in [7, 11) is 0. The van der Waals surface area contributed by atoms with Crippen molar-refractivity contribution in [2.45, 2.75) is 57.7 Å². The molecule has 4 nitrogen and oxygen atoms in total. The molecule has 0 bridgehead atoms. The van der Waals surface area contributed by atoms with Crippen LogP contribution in [0, 0.1) is 11.6 Å². The summed E-state index contributed by atoms with van der Waals surface area (Å²) in [6.45, 7) is 5.39. The third kappa shape index (κ3) is 5.34. The number of carbonyl (C=O) groups excluding carboxylic acids is 1. The predicted molar refractivity (Wildman–Crippen MR) is 88.5 cm³/mol. The third-order valence-corrected chi connectivity index (χ3v) is 3.97. The van der Waals surface area contributed by atoms with E-state index in [4.69, 9.17) is 4.74 Å². The summed E-state index contributed by atoms with van der Waals surface area (Å²) in [5, 5.41) is 5.69. The maximum atomic E-state index is 13.8. The van der Waals surface area contributed by atoms with Crippen molar-refractivity contribution in [1.29, 1.82) is 0 Å². The average Bonchev–Trinajstić information content (AvgIpc) is 2.78. The number of alkyl carbamates (subject to hydrolysis) is 1. The molecular formula is C16H21BrF2N2O2. The summed E-state index contributed by atoms with van der Waals surface area (Å²) >= 11 is 3.05. The van der Waals surface area contributed by atoms with Gasteiger partial charge in [-0.05, 0) is 52.2 Å². The van der Waals surface area contributed by atoms with E-state index in [-0.39, 0.29) is 17.8 Å². The van der Waals surface area contributed by atoms with Gasteiger partial charge in [0.15, 0.2) is 0 Å². The van der Waals surface area contributed by atoms with Crippen molar-refractivity contribution in [1.82, 2.24) is 5.32 Å². The Morgan fingerprint density at radius 1 is 1.22 bits per heavy atom. The second-order valence-electron chi connectivity index (χ2n) is 6.74. The Balaban J connectivity index is 1.90. The van der Waals surface area contributed by atoms with Crippen LogP contribution >= 0.6 is 15.9 Å². The first-order valence-electron chi connectivity index (χ1n) is 7.54. The molecular weight excluding hydrogens is 370 g/mol. The number of ether oxygens (including phenoxy) is 1. The molecule has 7 heteroatoms. The maximum absolute atomic E-state index is 13.8. The van der Waals surface area contributed by atoms with E-state index in [9.17, 15) is 13.6 Å². The summed E-state index contributed by atoms with van der Waals surface area (Å²) in [4.78, 5) is 11.7. The van der Waals surface area contributed by atoms with E-state index in [1.165, 1.54) is 12.1 Å². The third-order valence-electron chi connectivity index (χ3n) is 3.51. The molecule has 1 fully saturated rings. The average molecular weight is 391 g/mol. The fraction of sp³-hybridized carbons (Fsp3) is 0.562. The highest BCUT2D eigenvalue weighted by Crippen LogP contribution is 2.28. The highest BCUT2D eigenvalue weighted by atomic mass is 79.9. The van der Waals surface area contributed by atoms with Crippen LogP contribution in [0.3, 0.4) is 0 Å². The fourth-order valence-corrected chi connectivity index (χ4v) is 3.00. The van der Waals surface area contributed by atoms with Crippen LogP contribution in [-0.4, -0.2) is 23.8 Å². The van der Waals surface area contributed by atoms with Crippen LogP contribution in [-0.2, 0) is 4.74 Å². The molecule has 2 N–H and O–H groups in total. The lowest BCUT2D eigenvalue weighted by atomic mass is 10.2. The topological polar surface area (TPSA) is 50.4 Å². The van der Waals surface area contributed by atoms with Gasteiger partial charge in [0.1, 0.15) is 22.9 Å². The van der Waals surface area contributed by atoms with E-state index >= 15 is 0 Å². The van der Waals surface area contributed by atoms with E-state index in [0.29, 0.717) is 10.9 Å². The van der Waals surface area contributed by atoms with Crippen molar-refractivity contribution in [3.8, 4) is 0 Å². The zero-order valence-corrected chi connectivity index (χ0v) is 15.0. The first kappa shape index (κ1) is 18.0. The van der Waals surface area contributed by atoms with E-state index in [0.717, 1.165) is 12.8 Å². The minimum Gasteiger partial charge on any atom is -0.444 e. The van der Waals surface area contributed by atoms with E-state index < -0.39 is 23.3 Å². The van der Waals surface area contributed by atoms with Gasteiger partial charge < -0.3 is 15.4 Å². The molecule has 1 aliphatic carbocycles. The van der Waals surface area contributed by atoms with Crippen molar-refractivity contribution in [3.63, 3.8) is 0 Å². The molecule has 1 aliphatic rings. The number of rotatable bonds is 3. The lowest BCUT2D eigenvalue weighted by molar-refractivity contribution is 0.0505. The quantitative estimate of drug-likeness (QED) is 0.793. The van der Waals surface area contributed by atoms with Gasteiger partial charge in [-0.25, -0.2) is 13.6 Å². The number of benzene rings is 1. The van der Waals surface area contributed by atoms with Gasteiger partial charge in [0.25, 0.3) is 0 Å². The molecule has 128 valence electrons. The molecule has 0 saturated heterocycles. The van der Waals surface area contributed by atoms with Gasteiger partial charge in [-0.1, -0.05) is 15.9 Å². The zero-order valence-electron chi connectivity index (χ0n) is 13.4. The molecule has 0 aromatic heterocycles. The Morgan fingerprint density at radius 3 is 2.35 bits per heavy atom. The molecule has 1 amide bonds. The van der Waals surface area contributed by atoms with Crippen LogP contribution in [0.1, 0.15) is 40.0 Å². The Bertz CT molecular complexity index is 567. The Morgan fingerprint density at radius 2 is 1.78 bits per heavy atom. The number of carbonyl (C=O) groups is 1. The van der Waals surface area contributed by atoms with Gasteiger partial charge >= 0.3 is 6.09 Å². The van der Waals surface area contributed by atoms with E-state index in [1.807, 2.05) is 0 Å². The highest BCUT2D eigenvalue weighted by molar-refractivity contribution is 9.10. The number of hydrogen-bond donors (Lipinski definition) is 2. The molecule has 0 aliphatic heterocycles. The molecule has 2 atom stereocenters. The van der Waals surface area contributed by atoms with Crippen LogP contribution in [0.4, 0.5) is 19.3 Å². The number of hydrogen-bond acceptors (Lipinski definition) is 3. The summed E-state index contributed by atoms with van der Waals surface area (Å²) in [6, 6.07) is 2.28. The van der Waals surface area contributed by atoms with Crippen molar-refractivity contribution in [2.24, 2.45) is 0 Å². The summed E-state index contributed by atoms with van der Waals surface area (Å²) < 4.78 is 33.2. The van der Waals surface area contributed by atoms with Crippen LogP contribution in [0.5, 0.6) is 0 Å². The Hall–Kier alpha value is -1.37. The summed E-state index contributed by atoms with van der Waals surface area (Å²) in [5.41, 5.74) is -0.680. The first-order chi connectivity index (χ1) is 10.6. The van der Waals surface area contributed by atoms with Gasteiger partial charge in [0.2, 0.25) is 0 Å². The molecule has 0 spiro atoms. The fourth-order valence-electron chi connectivity index (χ4n) is 2.60. The van der Waals surface area contributed by atoms with Gasteiger partial charge in [-0.2, -0.15) is 0 Å². The number of halogens is 3. The van der Waals surface area contributed by atoms with Gasteiger partial charge in [-0.3, -0.25) is 0 Å². The minimum atomic E-state index is -0.638. The second kappa shape index (κ2) is 7.03. The number of nitrogens with one attached hydrogen (secondary N) is 2. The van der Waals surface area contributed by atoms with Crippen LogP contribution in [0.2, 0.25) is 0 Å². The van der Waals surface area contributed by atoms with Crippen LogP contribution < -0.4 is 10.6 Å². The standard InChI is InChI=1S/C16H21BrF2N2O2/c1-16(2,3)23-15(22)21-11-5-4-10(8-11)20-14-12(18)6-9(17)7-13(14)19/h6-7,10-11,20H,4-5,8H2,1-3H3,(H,21,22). The van der Waals surface area contributed by atoms with Crippen molar-refractivity contribution >= 4 is 27.7 Å². The Kier molecular flexibility index (Phi) is 5.49. The maximum Gasteiger partial charge on any atom is 0.407 e. The first-order valence-corrected chi connectivity index (χ1v) is 8.34. The van der Waals surface area contributed by atoms with Gasteiger partial charge in [0, 0.05) is 16.6 Å². The second-order valence-corrected chi connectivity index (χ2v) is 7.66. The van der Waals surface area contributed by atoms with Gasteiger partial charge in [0.05, 0.1) is 0 Å². The number of anilines is 1. The molecule has 0 heterocycles. The van der Waals surface area contributed by atoms with E-state index in [2.05, 4.69) is 26.6 Å². The van der Waals surface area contributed by atoms with Crippen molar-refractivity contribution in [2.75, 3.05) is 5.32 Å².